The van der Waals surface area contributed by atoms with Crippen molar-refractivity contribution in [2.24, 2.45) is 7.05 Å². The van der Waals surface area contributed by atoms with Crippen LogP contribution in [0.1, 0.15) is 12.6 Å². The van der Waals surface area contributed by atoms with Gasteiger partial charge in [0, 0.05) is 19.7 Å². The van der Waals surface area contributed by atoms with E-state index in [1.54, 1.807) is 14.0 Å². The van der Waals surface area contributed by atoms with Gasteiger partial charge in [0.1, 0.15) is 6.04 Å². The lowest BCUT2D eigenvalue weighted by molar-refractivity contribution is -0.155. The quantitative estimate of drug-likeness (QED) is 0.823. The number of hydrogen-bond donors (Lipinski definition) is 1. The minimum atomic E-state index is -4.26. The molecule has 1 aromatic heterocycles. The second-order valence-electron chi connectivity index (χ2n) is 3.24. The minimum absolute atomic E-state index is 0.189. The van der Waals surface area contributed by atoms with Crippen LogP contribution < -0.4 is 5.32 Å². The van der Waals surface area contributed by atoms with Crippen LogP contribution in [0.3, 0.4) is 0 Å². The lowest BCUT2D eigenvalue weighted by Crippen LogP contribution is -2.43. The molecule has 1 heterocycles. The highest BCUT2D eigenvalue weighted by Crippen LogP contribution is 2.22. The Kier molecular flexibility index (Phi) is 3.67. The number of likely N-dealkylation sites (N-methyl/N-ethyl adjacent to an activating group) is 1. The van der Waals surface area contributed by atoms with Crippen LogP contribution in [0.2, 0.25) is 0 Å². The van der Waals surface area contributed by atoms with Gasteiger partial charge in [0.2, 0.25) is 0 Å². The van der Waals surface area contributed by atoms with Crippen molar-refractivity contribution in [2.45, 2.75) is 25.6 Å². The van der Waals surface area contributed by atoms with E-state index in [2.05, 4.69) is 15.6 Å². The van der Waals surface area contributed by atoms with Gasteiger partial charge >= 0.3 is 6.18 Å². The lowest BCUT2D eigenvalue weighted by atomic mass is 10.1. The number of aryl methyl sites for hydroxylation is 1. The fourth-order valence-electron chi connectivity index (χ4n) is 1.25. The van der Waals surface area contributed by atoms with Gasteiger partial charge in [0.25, 0.3) is 0 Å². The molecule has 1 rings (SSSR count). The molecule has 1 atom stereocenters. The Morgan fingerprint density at radius 1 is 1.53 bits per heavy atom. The van der Waals surface area contributed by atoms with Crippen LogP contribution in [0.5, 0.6) is 0 Å². The van der Waals surface area contributed by atoms with Gasteiger partial charge in [-0.25, -0.2) is 0 Å². The highest BCUT2D eigenvalue weighted by atomic mass is 19.4. The Labute approximate surface area is 85.5 Å². The van der Waals surface area contributed by atoms with E-state index in [0.717, 1.165) is 0 Å². The fourth-order valence-corrected chi connectivity index (χ4v) is 1.25. The summed E-state index contributed by atoms with van der Waals surface area (Å²) in [4.78, 5) is 0. The van der Waals surface area contributed by atoms with Crippen LogP contribution in [-0.4, -0.2) is 33.8 Å². The summed E-state index contributed by atoms with van der Waals surface area (Å²) in [5, 5.41) is 9.59. The highest BCUT2D eigenvalue weighted by molar-refractivity contribution is 4.97. The molecule has 0 saturated carbocycles. The van der Waals surface area contributed by atoms with E-state index in [-0.39, 0.29) is 13.0 Å². The Morgan fingerprint density at radius 2 is 2.20 bits per heavy atom. The first-order chi connectivity index (χ1) is 6.93. The average molecular weight is 222 g/mol. The van der Waals surface area contributed by atoms with Crippen molar-refractivity contribution in [3.8, 4) is 0 Å². The zero-order valence-corrected chi connectivity index (χ0v) is 8.54. The summed E-state index contributed by atoms with van der Waals surface area (Å²) in [6.45, 7) is 1.90. The molecule has 86 valence electrons. The third kappa shape index (κ3) is 3.50. The predicted molar refractivity (Wildman–Crippen MR) is 48.2 cm³/mol. The van der Waals surface area contributed by atoms with Gasteiger partial charge in [-0.15, -0.1) is 5.10 Å². The fraction of sp³-hybridized carbons (Fsp3) is 0.750. The van der Waals surface area contributed by atoms with Crippen molar-refractivity contribution in [3.63, 3.8) is 0 Å². The molecule has 0 aliphatic heterocycles. The number of hydrogen-bond acceptors (Lipinski definition) is 3. The van der Waals surface area contributed by atoms with E-state index in [4.69, 9.17) is 0 Å². The van der Waals surface area contributed by atoms with E-state index in [0.29, 0.717) is 5.69 Å². The van der Waals surface area contributed by atoms with Gasteiger partial charge in [-0.1, -0.05) is 12.1 Å². The van der Waals surface area contributed by atoms with Gasteiger partial charge in [0.15, 0.2) is 0 Å². The van der Waals surface area contributed by atoms with E-state index >= 15 is 0 Å². The highest BCUT2D eigenvalue weighted by Gasteiger charge is 2.39. The molecule has 7 heteroatoms. The Balaban J connectivity index is 2.66. The first kappa shape index (κ1) is 12.0. The van der Waals surface area contributed by atoms with Crippen LogP contribution in [0.25, 0.3) is 0 Å². The Bertz CT molecular complexity index is 307. The normalized spacial score (nSPS) is 14.2. The molecule has 0 amide bonds. The third-order valence-electron chi connectivity index (χ3n) is 1.91. The van der Waals surface area contributed by atoms with Crippen LogP contribution in [0.15, 0.2) is 6.20 Å². The van der Waals surface area contributed by atoms with E-state index in [1.807, 2.05) is 0 Å². The zero-order valence-electron chi connectivity index (χ0n) is 8.54. The number of rotatable bonds is 4. The summed E-state index contributed by atoms with van der Waals surface area (Å²) in [5.74, 6) is 0. The molecule has 0 aromatic carbocycles. The number of alkyl halides is 3. The van der Waals surface area contributed by atoms with Gasteiger partial charge < -0.3 is 5.32 Å². The van der Waals surface area contributed by atoms with E-state index < -0.39 is 12.2 Å². The largest absolute Gasteiger partial charge is 0.404 e. The molecule has 0 spiro atoms. The van der Waals surface area contributed by atoms with E-state index in [9.17, 15) is 13.2 Å². The van der Waals surface area contributed by atoms with Crippen molar-refractivity contribution < 1.29 is 13.2 Å². The molecule has 0 bridgehead atoms. The number of nitrogens with one attached hydrogen (secondary N) is 1. The summed E-state index contributed by atoms with van der Waals surface area (Å²) >= 11 is 0. The maximum Gasteiger partial charge on any atom is 0.404 e. The van der Waals surface area contributed by atoms with Crippen molar-refractivity contribution in [2.75, 3.05) is 6.54 Å². The predicted octanol–water partition coefficient (Wildman–Crippen LogP) is 0.898. The summed E-state index contributed by atoms with van der Waals surface area (Å²) < 4.78 is 38.8. The maximum atomic E-state index is 12.5. The minimum Gasteiger partial charge on any atom is -0.306 e. The molecule has 1 unspecified atom stereocenters. The third-order valence-corrected chi connectivity index (χ3v) is 1.91. The monoisotopic (exact) mass is 222 g/mol. The first-order valence-electron chi connectivity index (χ1n) is 4.58. The molecule has 1 aromatic rings. The molecule has 1 N–H and O–H groups in total. The van der Waals surface area contributed by atoms with Gasteiger partial charge in [0.05, 0.1) is 5.69 Å². The maximum absolute atomic E-state index is 12.5. The number of nitrogens with zero attached hydrogens (tertiary/aromatic N) is 3. The molecular weight excluding hydrogens is 209 g/mol. The summed E-state index contributed by atoms with van der Waals surface area (Å²) in [6.07, 6.45) is -2.96. The zero-order chi connectivity index (χ0) is 11.5. The first-order valence-corrected chi connectivity index (χ1v) is 4.58. The summed E-state index contributed by atoms with van der Waals surface area (Å²) in [5.41, 5.74) is 0.334. The molecule has 0 saturated heterocycles. The number of aromatic nitrogens is 3. The van der Waals surface area contributed by atoms with Crippen LogP contribution in [-0.2, 0) is 13.5 Å². The topological polar surface area (TPSA) is 42.7 Å². The Hall–Kier alpha value is -1.11. The van der Waals surface area contributed by atoms with Gasteiger partial charge in [-0.3, -0.25) is 4.68 Å². The summed E-state index contributed by atoms with van der Waals surface area (Å²) in [7, 11) is 1.62. The smallest absolute Gasteiger partial charge is 0.306 e. The van der Waals surface area contributed by atoms with Crippen LogP contribution >= 0.6 is 0 Å². The van der Waals surface area contributed by atoms with Gasteiger partial charge in [-0.2, -0.15) is 13.2 Å². The van der Waals surface area contributed by atoms with Gasteiger partial charge in [-0.05, 0) is 6.54 Å². The second-order valence-corrected chi connectivity index (χ2v) is 3.24. The van der Waals surface area contributed by atoms with Crippen molar-refractivity contribution in [3.05, 3.63) is 11.9 Å². The lowest BCUT2D eigenvalue weighted by Gasteiger charge is -2.19. The SMILES string of the molecule is CCNC(Cc1cn(C)nn1)C(F)(F)F. The molecular formula is C8H13F3N4. The molecule has 0 fully saturated rings. The average Bonchev–Trinajstić information content (AvgIpc) is 2.49. The van der Waals surface area contributed by atoms with E-state index in [1.165, 1.54) is 10.9 Å². The molecule has 15 heavy (non-hydrogen) atoms. The molecule has 0 aliphatic rings. The molecule has 4 nitrogen and oxygen atoms in total. The van der Waals surface area contributed by atoms with Crippen molar-refractivity contribution in [1.29, 1.82) is 0 Å². The Morgan fingerprint density at radius 3 is 2.60 bits per heavy atom. The second kappa shape index (κ2) is 4.61. The van der Waals surface area contributed by atoms with Crippen molar-refractivity contribution >= 4 is 0 Å². The summed E-state index contributed by atoms with van der Waals surface area (Å²) in [6, 6.07) is -1.56. The molecule has 0 radical (unpaired) electrons. The standard InChI is InChI=1S/C8H13F3N4/c1-3-12-7(8(9,10)11)4-6-5-15(2)14-13-6/h5,7,12H,3-4H2,1-2H3. The molecule has 0 aliphatic carbocycles. The van der Waals surface area contributed by atoms with Crippen LogP contribution in [0.4, 0.5) is 13.2 Å². The number of halogens is 3. The van der Waals surface area contributed by atoms with Crippen molar-refractivity contribution in [1.82, 2.24) is 20.3 Å². The van der Waals surface area contributed by atoms with Crippen LogP contribution in [0, 0.1) is 0 Å².